The standard InChI is InChI=1S/C20H33N3O3.HI/c1-2-21-20(23-13-8-15-26-19-11-16-24-17-19)22-12-6-7-14-25-18-9-4-3-5-10-18;/h3-5,9-10,19H,2,6-8,11-17H2,1H3,(H2,21,22,23);1H. The maximum Gasteiger partial charge on any atom is 0.191 e. The number of rotatable bonds is 12. The van der Waals surface area contributed by atoms with Gasteiger partial charge in [-0.05, 0) is 44.7 Å². The van der Waals surface area contributed by atoms with Gasteiger partial charge in [0.25, 0.3) is 0 Å². The molecule has 1 aromatic carbocycles. The van der Waals surface area contributed by atoms with Crippen molar-refractivity contribution in [2.75, 3.05) is 46.1 Å². The van der Waals surface area contributed by atoms with Crippen molar-refractivity contribution in [1.29, 1.82) is 0 Å². The number of nitrogens with one attached hydrogen (secondary N) is 2. The molecule has 7 heteroatoms. The molecule has 1 aromatic rings. The van der Waals surface area contributed by atoms with Gasteiger partial charge in [0.05, 0.1) is 19.3 Å². The zero-order chi connectivity index (χ0) is 18.3. The largest absolute Gasteiger partial charge is 0.494 e. The lowest BCUT2D eigenvalue weighted by atomic mass is 10.3. The summed E-state index contributed by atoms with van der Waals surface area (Å²) in [5, 5.41) is 6.65. The van der Waals surface area contributed by atoms with Crippen LogP contribution >= 0.6 is 24.0 Å². The van der Waals surface area contributed by atoms with E-state index < -0.39 is 0 Å². The number of nitrogens with zero attached hydrogens (tertiary/aromatic N) is 1. The van der Waals surface area contributed by atoms with Gasteiger partial charge in [-0.25, -0.2) is 0 Å². The second kappa shape index (κ2) is 15.9. The molecule has 0 bridgehead atoms. The average molecular weight is 491 g/mol. The number of halogens is 1. The van der Waals surface area contributed by atoms with Crippen molar-refractivity contribution in [3.63, 3.8) is 0 Å². The Hall–Kier alpha value is -1.06. The van der Waals surface area contributed by atoms with Crippen molar-refractivity contribution in [2.45, 2.75) is 38.7 Å². The van der Waals surface area contributed by atoms with Gasteiger partial charge >= 0.3 is 0 Å². The van der Waals surface area contributed by atoms with Crippen LogP contribution in [0.5, 0.6) is 5.75 Å². The van der Waals surface area contributed by atoms with E-state index in [1.165, 1.54) is 0 Å². The van der Waals surface area contributed by atoms with Crippen LogP contribution in [-0.4, -0.2) is 58.1 Å². The minimum Gasteiger partial charge on any atom is -0.494 e. The minimum atomic E-state index is 0. The van der Waals surface area contributed by atoms with Crippen LogP contribution in [-0.2, 0) is 9.47 Å². The molecule has 0 amide bonds. The summed E-state index contributed by atoms with van der Waals surface area (Å²) >= 11 is 0. The normalized spacial score (nSPS) is 16.6. The quantitative estimate of drug-likeness (QED) is 0.204. The molecular weight excluding hydrogens is 457 g/mol. The number of guanidine groups is 1. The molecule has 1 saturated heterocycles. The predicted molar refractivity (Wildman–Crippen MR) is 120 cm³/mol. The first-order valence-corrected chi connectivity index (χ1v) is 9.78. The Balaban J connectivity index is 0.00000364. The number of para-hydroxylation sites is 1. The molecule has 1 aliphatic rings. The number of hydrogen-bond donors (Lipinski definition) is 2. The van der Waals surface area contributed by atoms with Crippen molar-refractivity contribution in [3.05, 3.63) is 30.3 Å². The SMILES string of the molecule is CCNC(=NCCCOC1CCOC1)NCCCCOc1ccccc1.I. The van der Waals surface area contributed by atoms with Crippen LogP contribution in [0.1, 0.15) is 32.6 Å². The second-order valence-corrected chi connectivity index (χ2v) is 6.27. The van der Waals surface area contributed by atoms with Crippen LogP contribution in [0.3, 0.4) is 0 Å². The summed E-state index contributed by atoms with van der Waals surface area (Å²) in [6.07, 6.45) is 4.28. The van der Waals surface area contributed by atoms with Gasteiger partial charge in [-0.15, -0.1) is 24.0 Å². The van der Waals surface area contributed by atoms with Crippen LogP contribution in [0.4, 0.5) is 0 Å². The summed E-state index contributed by atoms with van der Waals surface area (Å²) < 4.78 is 16.8. The third kappa shape index (κ3) is 11.4. The fraction of sp³-hybridized carbons (Fsp3) is 0.650. The molecule has 0 spiro atoms. The number of hydrogen-bond acceptors (Lipinski definition) is 4. The number of benzene rings is 1. The van der Waals surface area contributed by atoms with Crippen molar-refractivity contribution in [1.82, 2.24) is 10.6 Å². The van der Waals surface area contributed by atoms with Crippen LogP contribution in [0.25, 0.3) is 0 Å². The monoisotopic (exact) mass is 491 g/mol. The zero-order valence-corrected chi connectivity index (χ0v) is 18.7. The number of aliphatic imine (C=N–C) groups is 1. The third-order valence-electron chi connectivity index (χ3n) is 4.03. The van der Waals surface area contributed by atoms with Crippen LogP contribution in [0, 0.1) is 0 Å². The lowest BCUT2D eigenvalue weighted by molar-refractivity contribution is 0.0424. The first-order chi connectivity index (χ1) is 12.9. The summed E-state index contributed by atoms with van der Waals surface area (Å²) in [6, 6.07) is 9.94. The fourth-order valence-corrected chi connectivity index (χ4v) is 2.63. The lowest BCUT2D eigenvalue weighted by Gasteiger charge is -2.12. The Bertz CT molecular complexity index is 497. The first-order valence-electron chi connectivity index (χ1n) is 9.78. The lowest BCUT2D eigenvalue weighted by Crippen LogP contribution is -2.38. The van der Waals surface area contributed by atoms with Gasteiger partial charge < -0.3 is 24.8 Å². The first kappa shape index (κ1) is 24.0. The highest BCUT2D eigenvalue weighted by Crippen LogP contribution is 2.09. The number of ether oxygens (including phenoxy) is 3. The highest BCUT2D eigenvalue weighted by atomic mass is 127. The van der Waals surface area contributed by atoms with E-state index in [4.69, 9.17) is 14.2 Å². The van der Waals surface area contributed by atoms with E-state index in [1.54, 1.807) is 0 Å². The summed E-state index contributed by atoms with van der Waals surface area (Å²) in [4.78, 5) is 4.59. The Kier molecular flexibility index (Phi) is 14.2. The molecule has 0 saturated carbocycles. The maximum atomic E-state index is 5.76. The highest BCUT2D eigenvalue weighted by molar-refractivity contribution is 14.0. The number of unbranched alkanes of at least 4 members (excludes halogenated alkanes) is 1. The topological polar surface area (TPSA) is 64.1 Å². The van der Waals surface area contributed by atoms with E-state index in [2.05, 4.69) is 22.5 Å². The van der Waals surface area contributed by atoms with E-state index >= 15 is 0 Å². The van der Waals surface area contributed by atoms with E-state index in [0.29, 0.717) is 0 Å². The summed E-state index contributed by atoms with van der Waals surface area (Å²) in [6.45, 7) is 7.64. The molecular formula is C20H34IN3O3. The molecule has 154 valence electrons. The predicted octanol–water partition coefficient (Wildman–Crippen LogP) is 3.21. The summed E-state index contributed by atoms with van der Waals surface area (Å²) in [5.74, 6) is 1.81. The van der Waals surface area contributed by atoms with E-state index in [9.17, 15) is 0 Å². The van der Waals surface area contributed by atoms with Gasteiger partial charge in [-0.2, -0.15) is 0 Å². The summed E-state index contributed by atoms with van der Waals surface area (Å²) in [7, 11) is 0. The van der Waals surface area contributed by atoms with E-state index in [1.807, 2.05) is 30.3 Å². The Morgan fingerprint density at radius 1 is 1.15 bits per heavy atom. The molecule has 2 N–H and O–H groups in total. The van der Waals surface area contributed by atoms with E-state index in [-0.39, 0.29) is 30.1 Å². The Morgan fingerprint density at radius 3 is 2.74 bits per heavy atom. The van der Waals surface area contributed by atoms with Gasteiger partial charge in [-0.1, -0.05) is 18.2 Å². The second-order valence-electron chi connectivity index (χ2n) is 6.27. The maximum absolute atomic E-state index is 5.76. The zero-order valence-electron chi connectivity index (χ0n) is 16.3. The van der Waals surface area contributed by atoms with Gasteiger partial charge in [0.15, 0.2) is 5.96 Å². The van der Waals surface area contributed by atoms with Gasteiger partial charge in [0.1, 0.15) is 5.75 Å². The Morgan fingerprint density at radius 2 is 2.00 bits per heavy atom. The molecule has 1 aliphatic heterocycles. The molecule has 2 rings (SSSR count). The van der Waals surface area contributed by atoms with Crippen LogP contribution in [0.15, 0.2) is 35.3 Å². The minimum absolute atomic E-state index is 0. The smallest absolute Gasteiger partial charge is 0.191 e. The fourth-order valence-electron chi connectivity index (χ4n) is 2.63. The summed E-state index contributed by atoms with van der Waals surface area (Å²) in [5.41, 5.74) is 0. The molecule has 0 aliphatic carbocycles. The molecule has 0 radical (unpaired) electrons. The highest BCUT2D eigenvalue weighted by Gasteiger charge is 2.15. The Labute approximate surface area is 180 Å². The van der Waals surface area contributed by atoms with Crippen molar-refractivity contribution in [3.8, 4) is 5.75 Å². The average Bonchev–Trinajstić information content (AvgIpc) is 3.18. The van der Waals surface area contributed by atoms with Gasteiger partial charge in [0.2, 0.25) is 0 Å². The van der Waals surface area contributed by atoms with Crippen LogP contribution < -0.4 is 15.4 Å². The van der Waals surface area contributed by atoms with E-state index in [0.717, 1.165) is 83.5 Å². The molecule has 1 unspecified atom stereocenters. The van der Waals surface area contributed by atoms with Crippen LogP contribution in [0.2, 0.25) is 0 Å². The third-order valence-corrected chi connectivity index (χ3v) is 4.03. The molecule has 27 heavy (non-hydrogen) atoms. The van der Waals surface area contributed by atoms with Gasteiger partial charge in [0, 0.05) is 32.8 Å². The van der Waals surface area contributed by atoms with Gasteiger partial charge in [-0.3, -0.25) is 4.99 Å². The van der Waals surface area contributed by atoms with Crippen molar-refractivity contribution >= 4 is 29.9 Å². The molecule has 1 heterocycles. The molecule has 6 nitrogen and oxygen atoms in total. The molecule has 1 atom stereocenters. The van der Waals surface area contributed by atoms with Crippen molar-refractivity contribution in [2.24, 2.45) is 4.99 Å². The van der Waals surface area contributed by atoms with Crippen molar-refractivity contribution < 1.29 is 14.2 Å². The molecule has 1 fully saturated rings. The molecule has 0 aromatic heterocycles.